The number of aryl methyl sites for hydroxylation is 1. The Morgan fingerprint density at radius 2 is 1.57 bits per heavy atom. The van der Waals surface area contributed by atoms with Crippen LogP contribution in [0.1, 0.15) is 80.4 Å². The lowest BCUT2D eigenvalue weighted by Crippen LogP contribution is -2.33. The van der Waals surface area contributed by atoms with Crippen molar-refractivity contribution in [2.75, 3.05) is 5.32 Å². The van der Waals surface area contributed by atoms with Gasteiger partial charge in [-0.2, -0.15) is 0 Å². The van der Waals surface area contributed by atoms with E-state index in [1.807, 2.05) is 6.92 Å². The van der Waals surface area contributed by atoms with Crippen molar-refractivity contribution in [2.45, 2.75) is 83.2 Å². The van der Waals surface area contributed by atoms with Crippen LogP contribution in [0.4, 0.5) is 5.95 Å². The molecule has 2 N–H and O–H groups in total. The van der Waals surface area contributed by atoms with Crippen molar-refractivity contribution in [1.82, 2.24) is 15.3 Å². The highest BCUT2D eigenvalue weighted by molar-refractivity contribution is 5.92. The van der Waals surface area contributed by atoms with Crippen LogP contribution in [-0.4, -0.2) is 28.0 Å². The Hall–Kier alpha value is -1.65. The van der Waals surface area contributed by atoms with E-state index in [-0.39, 0.29) is 5.91 Å². The Labute approximate surface area is 138 Å². The van der Waals surface area contributed by atoms with Gasteiger partial charge in [-0.15, -0.1) is 0 Å². The highest BCUT2D eigenvalue weighted by Crippen LogP contribution is 2.21. The van der Waals surface area contributed by atoms with Gasteiger partial charge in [0.2, 0.25) is 5.95 Å². The lowest BCUT2D eigenvalue weighted by atomic mass is 10.1. The topological polar surface area (TPSA) is 66.9 Å². The van der Waals surface area contributed by atoms with E-state index >= 15 is 0 Å². The average Bonchev–Trinajstić information content (AvgIpc) is 2.89. The third-order valence-corrected chi connectivity index (χ3v) is 4.97. The minimum absolute atomic E-state index is 0.0636. The molecule has 0 unspecified atom stereocenters. The number of aromatic nitrogens is 2. The van der Waals surface area contributed by atoms with Crippen LogP contribution in [0, 0.1) is 6.92 Å². The van der Waals surface area contributed by atoms with Gasteiger partial charge >= 0.3 is 0 Å². The number of hydrogen-bond acceptors (Lipinski definition) is 4. The second-order valence-electron chi connectivity index (χ2n) is 7.01. The fraction of sp³-hybridized carbons (Fsp3) is 0.722. The fourth-order valence-electron chi connectivity index (χ4n) is 3.69. The summed E-state index contributed by atoms with van der Waals surface area (Å²) in [6, 6.07) is 2.53. The molecular formula is C18H28N4O. The fourth-order valence-corrected chi connectivity index (χ4v) is 3.69. The standard InChI is InChI=1S/C18H28N4O/c1-13-12-16(17(23)20-14-10-6-7-11-14)22-18(19-13)21-15-8-4-2-3-5-9-15/h12,14-15H,2-11H2,1H3,(H,20,23)(H,19,21,22). The van der Waals surface area contributed by atoms with Crippen molar-refractivity contribution < 1.29 is 4.79 Å². The monoisotopic (exact) mass is 316 g/mol. The number of carbonyl (C=O) groups is 1. The molecule has 2 fully saturated rings. The van der Waals surface area contributed by atoms with Crippen LogP contribution < -0.4 is 10.6 Å². The highest BCUT2D eigenvalue weighted by Gasteiger charge is 2.20. The molecule has 0 aliphatic heterocycles. The zero-order chi connectivity index (χ0) is 16.1. The summed E-state index contributed by atoms with van der Waals surface area (Å²) in [6.45, 7) is 1.92. The molecule has 3 rings (SSSR count). The lowest BCUT2D eigenvalue weighted by molar-refractivity contribution is 0.0932. The number of nitrogens with one attached hydrogen (secondary N) is 2. The normalized spacial score (nSPS) is 20.2. The molecular weight excluding hydrogens is 288 g/mol. The van der Waals surface area contributed by atoms with E-state index < -0.39 is 0 Å². The molecule has 5 heteroatoms. The first kappa shape index (κ1) is 16.2. The molecule has 0 saturated heterocycles. The van der Waals surface area contributed by atoms with Gasteiger partial charge in [-0.3, -0.25) is 4.79 Å². The molecule has 126 valence electrons. The number of hydrogen-bond donors (Lipinski definition) is 2. The van der Waals surface area contributed by atoms with Crippen molar-refractivity contribution in [3.63, 3.8) is 0 Å². The number of rotatable bonds is 4. The van der Waals surface area contributed by atoms with Gasteiger partial charge < -0.3 is 10.6 Å². The molecule has 0 radical (unpaired) electrons. The first-order valence-electron chi connectivity index (χ1n) is 9.14. The Kier molecular flexibility index (Phi) is 5.47. The zero-order valence-corrected chi connectivity index (χ0v) is 14.1. The van der Waals surface area contributed by atoms with Crippen LogP contribution in [-0.2, 0) is 0 Å². The summed E-state index contributed by atoms with van der Waals surface area (Å²) in [5.41, 5.74) is 1.33. The van der Waals surface area contributed by atoms with Gasteiger partial charge in [0.15, 0.2) is 0 Å². The number of amides is 1. The predicted octanol–water partition coefficient (Wildman–Crippen LogP) is 3.59. The van der Waals surface area contributed by atoms with Crippen LogP contribution in [0.25, 0.3) is 0 Å². The molecule has 1 heterocycles. The van der Waals surface area contributed by atoms with E-state index in [1.54, 1.807) is 6.07 Å². The summed E-state index contributed by atoms with van der Waals surface area (Å²) in [5, 5.41) is 6.55. The number of carbonyl (C=O) groups excluding carboxylic acids is 1. The van der Waals surface area contributed by atoms with Crippen LogP contribution in [0.15, 0.2) is 6.07 Å². The van der Waals surface area contributed by atoms with Crippen LogP contribution in [0.3, 0.4) is 0 Å². The third-order valence-electron chi connectivity index (χ3n) is 4.97. The molecule has 2 saturated carbocycles. The van der Waals surface area contributed by atoms with Gasteiger partial charge in [-0.05, 0) is 38.7 Å². The SMILES string of the molecule is Cc1cc(C(=O)NC2CCCC2)nc(NC2CCCCCC2)n1. The zero-order valence-electron chi connectivity index (χ0n) is 14.1. The molecule has 1 aromatic rings. The smallest absolute Gasteiger partial charge is 0.270 e. The molecule has 0 spiro atoms. The van der Waals surface area contributed by atoms with Crippen LogP contribution in [0.5, 0.6) is 0 Å². The Balaban J connectivity index is 1.66. The third kappa shape index (κ3) is 4.66. The average molecular weight is 316 g/mol. The first-order chi connectivity index (χ1) is 11.2. The highest BCUT2D eigenvalue weighted by atomic mass is 16.1. The summed E-state index contributed by atoms with van der Waals surface area (Å²) in [6.07, 6.45) is 12.1. The lowest BCUT2D eigenvalue weighted by Gasteiger charge is -2.17. The molecule has 0 atom stereocenters. The largest absolute Gasteiger partial charge is 0.351 e. The van der Waals surface area contributed by atoms with Gasteiger partial charge in [0.25, 0.3) is 5.91 Å². The second-order valence-corrected chi connectivity index (χ2v) is 7.01. The van der Waals surface area contributed by atoms with Crippen LogP contribution >= 0.6 is 0 Å². The van der Waals surface area contributed by atoms with Gasteiger partial charge in [0.05, 0.1) is 0 Å². The number of nitrogens with zero attached hydrogens (tertiary/aromatic N) is 2. The van der Waals surface area contributed by atoms with Crippen molar-refractivity contribution >= 4 is 11.9 Å². The molecule has 1 amide bonds. The Bertz CT molecular complexity index is 532. The van der Waals surface area contributed by atoms with Gasteiger partial charge in [-0.1, -0.05) is 38.5 Å². The first-order valence-corrected chi connectivity index (χ1v) is 9.14. The van der Waals surface area contributed by atoms with Crippen molar-refractivity contribution in [1.29, 1.82) is 0 Å². The minimum Gasteiger partial charge on any atom is -0.351 e. The summed E-state index contributed by atoms with van der Waals surface area (Å²) in [5.74, 6) is 0.541. The quantitative estimate of drug-likeness (QED) is 0.833. The van der Waals surface area contributed by atoms with Crippen molar-refractivity contribution in [3.05, 3.63) is 17.5 Å². The van der Waals surface area contributed by atoms with Crippen LogP contribution in [0.2, 0.25) is 0 Å². The van der Waals surface area contributed by atoms with Gasteiger partial charge in [-0.25, -0.2) is 9.97 Å². The van der Waals surface area contributed by atoms with E-state index in [2.05, 4.69) is 20.6 Å². The van der Waals surface area contributed by atoms with E-state index in [1.165, 1.54) is 51.4 Å². The molecule has 2 aliphatic rings. The van der Waals surface area contributed by atoms with E-state index in [0.717, 1.165) is 18.5 Å². The maximum Gasteiger partial charge on any atom is 0.270 e. The van der Waals surface area contributed by atoms with E-state index in [9.17, 15) is 4.79 Å². The van der Waals surface area contributed by atoms with E-state index in [0.29, 0.717) is 23.7 Å². The van der Waals surface area contributed by atoms with Gasteiger partial charge in [0, 0.05) is 17.8 Å². The van der Waals surface area contributed by atoms with E-state index in [4.69, 9.17) is 0 Å². The molecule has 0 aromatic carbocycles. The summed E-state index contributed by atoms with van der Waals surface area (Å²) in [4.78, 5) is 21.4. The maximum absolute atomic E-state index is 12.4. The molecule has 1 aromatic heterocycles. The van der Waals surface area contributed by atoms with Gasteiger partial charge in [0.1, 0.15) is 5.69 Å². The Morgan fingerprint density at radius 1 is 0.957 bits per heavy atom. The summed E-state index contributed by atoms with van der Waals surface area (Å²) in [7, 11) is 0. The molecule has 23 heavy (non-hydrogen) atoms. The summed E-state index contributed by atoms with van der Waals surface area (Å²) < 4.78 is 0. The van der Waals surface area contributed by atoms with Crippen molar-refractivity contribution in [3.8, 4) is 0 Å². The van der Waals surface area contributed by atoms with Crippen molar-refractivity contribution in [2.24, 2.45) is 0 Å². The molecule has 2 aliphatic carbocycles. The minimum atomic E-state index is -0.0636. The summed E-state index contributed by atoms with van der Waals surface area (Å²) >= 11 is 0. The predicted molar refractivity (Wildman–Crippen MR) is 91.6 cm³/mol. The maximum atomic E-state index is 12.4. The molecule has 0 bridgehead atoms. The molecule has 5 nitrogen and oxygen atoms in total. The second kappa shape index (κ2) is 7.75. The Morgan fingerprint density at radius 3 is 2.26 bits per heavy atom. The number of anilines is 1.